The molecule has 13 heavy (non-hydrogen) atoms. The van der Waals surface area contributed by atoms with Gasteiger partial charge in [-0.3, -0.25) is 4.79 Å². The second-order valence-electron chi connectivity index (χ2n) is 4.10. The zero-order valence-electron chi connectivity index (χ0n) is 8.04. The maximum absolute atomic E-state index is 11.4. The Hall–Kier alpha value is -0.410. The predicted molar refractivity (Wildman–Crippen MR) is 47.5 cm³/mol. The smallest absolute Gasteiger partial charge is 0.138 e. The quantitative estimate of drug-likeness (QED) is 0.566. The molecule has 2 saturated heterocycles. The van der Waals surface area contributed by atoms with Crippen molar-refractivity contribution in [1.29, 1.82) is 0 Å². The lowest BCUT2D eigenvalue weighted by Gasteiger charge is -2.44. The van der Waals surface area contributed by atoms with Crippen molar-refractivity contribution >= 4 is 5.78 Å². The predicted octanol–water partition coefficient (Wildman–Crippen LogP) is 1.16. The van der Waals surface area contributed by atoms with Crippen LogP contribution in [0.1, 0.15) is 26.2 Å². The van der Waals surface area contributed by atoms with E-state index in [9.17, 15) is 4.79 Å². The van der Waals surface area contributed by atoms with Crippen LogP contribution in [0.4, 0.5) is 0 Å². The third kappa shape index (κ3) is 1.63. The molecule has 2 fully saturated rings. The number of hydrogen-bond donors (Lipinski definition) is 0. The zero-order chi connectivity index (χ0) is 9.31. The Labute approximate surface area is 78.4 Å². The highest BCUT2D eigenvalue weighted by Crippen LogP contribution is 2.36. The summed E-state index contributed by atoms with van der Waals surface area (Å²) >= 11 is 0. The van der Waals surface area contributed by atoms with Gasteiger partial charge in [0.1, 0.15) is 5.78 Å². The summed E-state index contributed by atoms with van der Waals surface area (Å²) in [5, 5.41) is 0. The fourth-order valence-corrected chi connectivity index (χ4v) is 2.22. The van der Waals surface area contributed by atoms with Crippen molar-refractivity contribution in [2.45, 2.75) is 31.8 Å². The molecule has 0 aromatic rings. The van der Waals surface area contributed by atoms with Crippen LogP contribution >= 0.6 is 0 Å². The highest BCUT2D eigenvalue weighted by molar-refractivity contribution is 5.80. The van der Waals surface area contributed by atoms with Gasteiger partial charge in [0.2, 0.25) is 0 Å². The fraction of sp³-hybridized carbons (Fsp3) is 0.900. The summed E-state index contributed by atoms with van der Waals surface area (Å²) in [6.45, 7) is 4.17. The van der Waals surface area contributed by atoms with Gasteiger partial charge in [-0.25, -0.2) is 0 Å². The molecule has 0 saturated carbocycles. The van der Waals surface area contributed by atoms with E-state index < -0.39 is 0 Å². The van der Waals surface area contributed by atoms with Gasteiger partial charge >= 0.3 is 0 Å². The summed E-state index contributed by atoms with van der Waals surface area (Å²) in [4.78, 5) is 11.4. The lowest BCUT2D eigenvalue weighted by Crippen LogP contribution is -2.50. The third-order valence-corrected chi connectivity index (χ3v) is 3.20. The van der Waals surface area contributed by atoms with Crippen molar-refractivity contribution in [3.05, 3.63) is 0 Å². The SMILES string of the molecule is CC1COCCC12CC(=O)CCO2. The molecule has 0 amide bonds. The van der Waals surface area contributed by atoms with Crippen molar-refractivity contribution in [3.63, 3.8) is 0 Å². The molecule has 0 aromatic heterocycles. The topological polar surface area (TPSA) is 35.5 Å². The Morgan fingerprint density at radius 3 is 3.00 bits per heavy atom. The standard InChI is InChI=1S/C10H16O3/c1-8-7-12-5-3-10(8)6-9(11)2-4-13-10/h8H,2-7H2,1H3. The minimum atomic E-state index is -0.187. The van der Waals surface area contributed by atoms with E-state index in [1.54, 1.807) is 0 Å². The first-order valence-electron chi connectivity index (χ1n) is 4.96. The van der Waals surface area contributed by atoms with Crippen LogP contribution in [0.5, 0.6) is 0 Å². The Bertz CT molecular complexity index is 210. The third-order valence-electron chi connectivity index (χ3n) is 3.20. The fourth-order valence-electron chi connectivity index (χ4n) is 2.22. The van der Waals surface area contributed by atoms with Gasteiger partial charge in [-0.05, 0) is 0 Å². The molecular formula is C10H16O3. The average molecular weight is 184 g/mol. The molecule has 2 atom stereocenters. The minimum absolute atomic E-state index is 0.187. The van der Waals surface area contributed by atoms with E-state index in [2.05, 4.69) is 6.92 Å². The molecular weight excluding hydrogens is 168 g/mol. The van der Waals surface area contributed by atoms with E-state index in [-0.39, 0.29) is 5.60 Å². The summed E-state index contributed by atoms with van der Waals surface area (Å²) in [6, 6.07) is 0. The summed E-state index contributed by atoms with van der Waals surface area (Å²) in [7, 11) is 0. The van der Waals surface area contributed by atoms with Crippen molar-refractivity contribution in [1.82, 2.24) is 0 Å². The van der Waals surface area contributed by atoms with Gasteiger partial charge in [0.05, 0.1) is 18.8 Å². The molecule has 2 rings (SSSR count). The largest absolute Gasteiger partial charge is 0.381 e. The maximum atomic E-state index is 11.4. The summed E-state index contributed by atoms with van der Waals surface area (Å²) < 4.78 is 11.1. The Balaban J connectivity index is 2.11. The monoisotopic (exact) mass is 184 g/mol. The van der Waals surface area contributed by atoms with Gasteiger partial charge in [0.25, 0.3) is 0 Å². The molecule has 2 heterocycles. The summed E-state index contributed by atoms with van der Waals surface area (Å²) in [5.41, 5.74) is -0.187. The van der Waals surface area contributed by atoms with Gasteiger partial charge < -0.3 is 9.47 Å². The number of Topliss-reactive ketones (excluding diaryl/α,β-unsaturated/α-hetero) is 1. The van der Waals surface area contributed by atoms with Gasteiger partial charge in [0.15, 0.2) is 0 Å². The van der Waals surface area contributed by atoms with Gasteiger partial charge in [0, 0.05) is 31.8 Å². The van der Waals surface area contributed by atoms with Crippen LogP contribution in [0.25, 0.3) is 0 Å². The molecule has 3 heteroatoms. The highest BCUT2D eigenvalue weighted by Gasteiger charge is 2.43. The van der Waals surface area contributed by atoms with E-state index in [4.69, 9.17) is 9.47 Å². The van der Waals surface area contributed by atoms with Crippen LogP contribution in [0.2, 0.25) is 0 Å². The van der Waals surface area contributed by atoms with E-state index in [0.29, 0.717) is 31.1 Å². The van der Waals surface area contributed by atoms with Crippen LogP contribution in [0.15, 0.2) is 0 Å². The second kappa shape index (κ2) is 3.39. The molecule has 74 valence electrons. The Kier molecular flexibility index (Phi) is 2.39. The number of ether oxygens (including phenoxy) is 2. The molecule has 0 bridgehead atoms. The van der Waals surface area contributed by atoms with Crippen molar-refractivity contribution in [3.8, 4) is 0 Å². The highest BCUT2D eigenvalue weighted by atomic mass is 16.5. The Morgan fingerprint density at radius 2 is 2.31 bits per heavy atom. The van der Waals surface area contributed by atoms with Crippen LogP contribution in [-0.4, -0.2) is 31.2 Å². The first-order chi connectivity index (χ1) is 6.23. The molecule has 0 aromatic carbocycles. The number of hydrogen-bond acceptors (Lipinski definition) is 3. The first-order valence-corrected chi connectivity index (χ1v) is 4.96. The molecule has 2 aliphatic heterocycles. The average Bonchev–Trinajstić information content (AvgIpc) is 2.11. The molecule has 2 aliphatic rings. The number of carbonyl (C=O) groups excluding carboxylic acids is 1. The van der Waals surface area contributed by atoms with Gasteiger partial charge in [-0.1, -0.05) is 6.92 Å². The number of carbonyl (C=O) groups is 1. The lowest BCUT2D eigenvalue weighted by atomic mass is 9.79. The molecule has 0 N–H and O–H groups in total. The van der Waals surface area contributed by atoms with Crippen LogP contribution in [0.3, 0.4) is 0 Å². The molecule has 1 spiro atoms. The molecule has 0 radical (unpaired) electrons. The maximum Gasteiger partial charge on any atom is 0.138 e. The zero-order valence-corrected chi connectivity index (χ0v) is 8.04. The molecule has 3 nitrogen and oxygen atoms in total. The minimum Gasteiger partial charge on any atom is -0.381 e. The van der Waals surface area contributed by atoms with Gasteiger partial charge in [-0.2, -0.15) is 0 Å². The van der Waals surface area contributed by atoms with Crippen molar-refractivity contribution in [2.75, 3.05) is 19.8 Å². The van der Waals surface area contributed by atoms with Crippen LogP contribution < -0.4 is 0 Å². The molecule has 2 unspecified atom stereocenters. The van der Waals surface area contributed by atoms with E-state index in [1.807, 2.05) is 0 Å². The normalized spacial score (nSPS) is 41.0. The van der Waals surface area contributed by atoms with Crippen LogP contribution in [0, 0.1) is 5.92 Å². The number of rotatable bonds is 0. The van der Waals surface area contributed by atoms with Crippen molar-refractivity contribution in [2.24, 2.45) is 5.92 Å². The van der Waals surface area contributed by atoms with E-state index in [1.165, 1.54) is 0 Å². The summed E-state index contributed by atoms with van der Waals surface area (Å²) in [6.07, 6.45) is 2.06. The summed E-state index contributed by atoms with van der Waals surface area (Å²) in [5.74, 6) is 0.700. The van der Waals surface area contributed by atoms with E-state index >= 15 is 0 Å². The lowest BCUT2D eigenvalue weighted by molar-refractivity contribution is -0.174. The number of ketones is 1. The van der Waals surface area contributed by atoms with Crippen LogP contribution in [-0.2, 0) is 14.3 Å². The van der Waals surface area contributed by atoms with Gasteiger partial charge in [-0.15, -0.1) is 0 Å². The second-order valence-corrected chi connectivity index (χ2v) is 4.10. The first kappa shape index (κ1) is 9.16. The van der Waals surface area contributed by atoms with E-state index in [0.717, 1.165) is 19.6 Å². The van der Waals surface area contributed by atoms with Crippen molar-refractivity contribution < 1.29 is 14.3 Å². The molecule has 0 aliphatic carbocycles. The Morgan fingerprint density at radius 1 is 1.46 bits per heavy atom.